The zero-order valence-electron chi connectivity index (χ0n) is 17.5. The second-order valence-corrected chi connectivity index (χ2v) is 8.06. The topological polar surface area (TPSA) is 84.3 Å². The summed E-state index contributed by atoms with van der Waals surface area (Å²) in [6.07, 6.45) is -2.97. The summed E-state index contributed by atoms with van der Waals surface area (Å²) in [5, 5.41) is 21.3. The van der Waals surface area contributed by atoms with Crippen LogP contribution in [0.5, 0.6) is 0 Å². The van der Waals surface area contributed by atoms with Crippen molar-refractivity contribution in [3.63, 3.8) is 0 Å². The number of para-hydroxylation sites is 1. The highest BCUT2D eigenvalue weighted by atomic mass is 35.5. The van der Waals surface area contributed by atoms with Gasteiger partial charge in [0.25, 0.3) is 11.8 Å². The van der Waals surface area contributed by atoms with Crippen molar-refractivity contribution in [2.75, 3.05) is 44.7 Å². The van der Waals surface area contributed by atoms with E-state index in [1.54, 1.807) is 7.05 Å². The third kappa shape index (κ3) is 5.76. The van der Waals surface area contributed by atoms with Crippen molar-refractivity contribution >= 4 is 29.1 Å². The van der Waals surface area contributed by atoms with Gasteiger partial charge in [0.05, 0.1) is 10.7 Å². The van der Waals surface area contributed by atoms with Crippen molar-refractivity contribution in [1.29, 1.82) is 0 Å². The Kier molecular flexibility index (Phi) is 7.90. The van der Waals surface area contributed by atoms with E-state index in [4.69, 9.17) is 11.6 Å². The van der Waals surface area contributed by atoms with Crippen LogP contribution in [0, 0.1) is 0 Å². The smallest absolute Gasteiger partial charge is 0.254 e. The van der Waals surface area contributed by atoms with Crippen LogP contribution in [-0.4, -0.2) is 83.8 Å². The number of aliphatic hydroxyl groups excluding tert-OH is 2. The number of piperazine rings is 1. The number of hydrogen-bond donors (Lipinski definition) is 2. The number of nitrogens with zero attached hydrogens (tertiary/aromatic N) is 3. The van der Waals surface area contributed by atoms with Crippen LogP contribution in [0.4, 0.5) is 5.69 Å². The Bertz CT molecular complexity index is 887. The molecule has 2 aromatic rings. The molecule has 1 aliphatic heterocycles. The normalized spacial score (nSPS) is 16.0. The summed E-state index contributed by atoms with van der Waals surface area (Å²) in [6, 6.07) is 17.1. The number of aliphatic hydroxyl groups is 2. The second-order valence-electron chi connectivity index (χ2n) is 7.65. The SMILES string of the molecule is CN(CCc1ccccc1)C(=O)[C@H](O)[C@@H](O)C(=O)N1CCN(c2ccccc2Cl)CC1. The molecule has 2 aromatic carbocycles. The number of likely N-dealkylation sites (N-methyl/N-ethyl adjacent to an activating group) is 1. The molecule has 0 unspecified atom stereocenters. The first-order valence-corrected chi connectivity index (χ1v) is 10.7. The highest BCUT2D eigenvalue weighted by Gasteiger charge is 2.36. The molecular weight excluding hydrogens is 418 g/mol. The van der Waals surface area contributed by atoms with Crippen molar-refractivity contribution in [3.05, 3.63) is 65.2 Å². The largest absolute Gasteiger partial charge is 0.380 e. The molecule has 3 rings (SSSR count). The zero-order valence-corrected chi connectivity index (χ0v) is 18.3. The Morgan fingerprint density at radius 3 is 2.23 bits per heavy atom. The third-order valence-electron chi connectivity index (χ3n) is 5.54. The van der Waals surface area contributed by atoms with Gasteiger partial charge in [0.2, 0.25) is 0 Å². The van der Waals surface area contributed by atoms with Gasteiger partial charge in [0.15, 0.2) is 12.2 Å². The van der Waals surface area contributed by atoms with E-state index in [-0.39, 0.29) is 0 Å². The molecular formula is C23H28ClN3O4. The van der Waals surface area contributed by atoms with E-state index in [1.165, 1.54) is 9.80 Å². The van der Waals surface area contributed by atoms with E-state index >= 15 is 0 Å². The standard InChI is InChI=1S/C23H28ClN3O4/c1-25(12-11-17-7-3-2-4-8-17)22(30)20(28)21(29)23(31)27-15-13-26(14-16-27)19-10-6-5-9-18(19)24/h2-10,20-21,28-29H,11-16H2,1H3/t20-,21-/m1/s1. The molecule has 0 aromatic heterocycles. The lowest BCUT2D eigenvalue weighted by Crippen LogP contribution is -2.56. The molecule has 1 saturated heterocycles. The Balaban J connectivity index is 1.50. The van der Waals surface area contributed by atoms with E-state index in [2.05, 4.69) is 4.90 Å². The van der Waals surface area contributed by atoms with Crippen LogP contribution in [0.25, 0.3) is 0 Å². The first-order valence-electron chi connectivity index (χ1n) is 10.3. The first-order chi connectivity index (χ1) is 14.9. The highest BCUT2D eigenvalue weighted by Crippen LogP contribution is 2.26. The van der Waals surface area contributed by atoms with Crippen LogP contribution in [0.15, 0.2) is 54.6 Å². The number of carbonyl (C=O) groups is 2. The summed E-state index contributed by atoms with van der Waals surface area (Å²) >= 11 is 6.24. The predicted molar refractivity (Wildman–Crippen MR) is 120 cm³/mol. The van der Waals surface area contributed by atoms with E-state index in [0.717, 1.165) is 11.3 Å². The van der Waals surface area contributed by atoms with Crippen LogP contribution < -0.4 is 4.90 Å². The number of anilines is 1. The van der Waals surface area contributed by atoms with Crippen LogP contribution >= 0.6 is 11.6 Å². The lowest BCUT2D eigenvalue weighted by molar-refractivity contribution is -0.157. The minimum absolute atomic E-state index is 0.367. The minimum Gasteiger partial charge on any atom is -0.380 e. The highest BCUT2D eigenvalue weighted by molar-refractivity contribution is 6.33. The molecule has 0 spiro atoms. The number of rotatable bonds is 7. The molecule has 7 nitrogen and oxygen atoms in total. The predicted octanol–water partition coefficient (Wildman–Crippen LogP) is 1.41. The summed E-state index contributed by atoms with van der Waals surface area (Å²) in [7, 11) is 1.55. The van der Waals surface area contributed by atoms with Crippen molar-refractivity contribution in [1.82, 2.24) is 9.80 Å². The van der Waals surface area contributed by atoms with E-state index in [0.29, 0.717) is 44.2 Å². The molecule has 2 amide bonds. The summed E-state index contributed by atoms with van der Waals surface area (Å²) in [4.78, 5) is 30.0. The van der Waals surface area contributed by atoms with Gasteiger partial charge in [-0.05, 0) is 24.1 Å². The number of carbonyl (C=O) groups excluding carboxylic acids is 2. The molecule has 0 bridgehead atoms. The number of amides is 2. The molecule has 1 heterocycles. The lowest BCUT2D eigenvalue weighted by Gasteiger charge is -2.37. The molecule has 1 aliphatic rings. The second kappa shape index (κ2) is 10.6. The fourth-order valence-corrected chi connectivity index (χ4v) is 3.87. The van der Waals surface area contributed by atoms with Gasteiger partial charge in [-0.2, -0.15) is 0 Å². The average molecular weight is 446 g/mol. The van der Waals surface area contributed by atoms with Gasteiger partial charge in [-0.1, -0.05) is 54.1 Å². The van der Waals surface area contributed by atoms with Gasteiger partial charge in [0, 0.05) is 39.8 Å². The number of benzene rings is 2. The number of hydrogen-bond acceptors (Lipinski definition) is 5. The Morgan fingerprint density at radius 2 is 1.58 bits per heavy atom. The quantitative estimate of drug-likeness (QED) is 0.673. The average Bonchev–Trinajstić information content (AvgIpc) is 2.81. The van der Waals surface area contributed by atoms with Gasteiger partial charge in [-0.25, -0.2) is 0 Å². The molecule has 2 atom stereocenters. The van der Waals surface area contributed by atoms with Crippen molar-refractivity contribution < 1.29 is 19.8 Å². The maximum absolute atomic E-state index is 12.7. The van der Waals surface area contributed by atoms with Crippen LogP contribution in [0.2, 0.25) is 5.02 Å². The molecule has 8 heteroatoms. The van der Waals surface area contributed by atoms with E-state index < -0.39 is 24.0 Å². The minimum atomic E-state index is -1.80. The van der Waals surface area contributed by atoms with E-state index in [9.17, 15) is 19.8 Å². The van der Waals surface area contributed by atoms with Crippen molar-refractivity contribution in [3.8, 4) is 0 Å². The Morgan fingerprint density at radius 1 is 0.968 bits per heavy atom. The van der Waals surface area contributed by atoms with Gasteiger partial charge in [-0.3, -0.25) is 9.59 Å². The van der Waals surface area contributed by atoms with Crippen molar-refractivity contribution in [2.24, 2.45) is 0 Å². The summed E-state index contributed by atoms with van der Waals surface area (Å²) in [6.45, 7) is 2.20. The maximum atomic E-state index is 12.7. The molecule has 0 saturated carbocycles. The molecule has 31 heavy (non-hydrogen) atoms. The van der Waals surface area contributed by atoms with Crippen LogP contribution in [0.3, 0.4) is 0 Å². The summed E-state index contributed by atoms with van der Waals surface area (Å²) in [5.74, 6) is -1.32. The summed E-state index contributed by atoms with van der Waals surface area (Å²) in [5.41, 5.74) is 1.96. The molecule has 2 N–H and O–H groups in total. The van der Waals surface area contributed by atoms with Gasteiger partial charge in [0.1, 0.15) is 0 Å². The molecule has 0 aliphatic carbocycles. The number of halogens is 1. The van der Waals surface area contributed by atoms with Gasteiger partial charge < -0.3 is 24.9 Å². The lowest BCUT2D eigenvalue weighted by atomic mass is 10.1. The monoisotopic (exact) mass is 445 g/mol. The fraction of sp³-hybridized carbons (Fsp3) is 0.391. The van der Waals surface area contributed by atoms with Gasteiger partial charge in [-0.15, -0.1) is 0 Å². The van der Waals surface area contributed by atoms with Crippen LogP contribution in [-0.2, 0) is 16.0 Å². The molecule has 166 valence electrons. The Hall–Kier alpha value is -2.61. The molecule has 0 radical (unpaired) electrons. The summed E-state index contributed by atoms with van der Waals surface area (Å²) < 4.78 is 0. The fourth-order valence-electron chi connectivity index (χ4n) is 3.61. The molecule has 1 fully saturated rings. The third-order valence-corrected chi connectivity index (χ3v) is 5.86. The van der Waals surface area contributed by atoms with E-state index in [1.807, 2.05) is 54.6 Å². The first kappa shape index (κ1) is 23.1. The Labute approximate surface area is 187 Å². The van der Waals surface area contributed by atoms with Gasteiger partial charge >= 0.3 is 0 Å². The van der Waals surface area contributed by atoms with Crippen LogP contribution in [0.1, 0.15) is 5.56 Å². The zero-order chi connectivity index (χ0) is 22.4. The van der Waals surface area contributed by atoms with Crippen molar-refractivity contribution in [2.45, 2.75) is 18.6 Å². The maximum Gasteiger partial charge on any atom is 0.254 e.